The lowest BCUT2D eigenvalue weighted by molar-refractivity contribution is -0.126. The first-order valence-electron chi connectivity index (χ1n) is 16.2. The Morgan fingerprint density at radius 1 is 1.02 bits per heavy atom. The van der Waals surface area contributed by atoms with Crippen LogP contribution in [0.5, 0.6) is 11.5 Å². The zero-order valence-corrected chi connectivity index (χ0v) is 27.9. The van der Waals surface area contributed by atoms with E-state index in [0.29, 0.717) is 22.4 Å². The van der Waals surface area contributed by atoms with Gasteiger partial charge in [-0.05, 0) is 117 Å². The monoisotopic (exact) mass is 631 g/mol. The second kappa shape index (κ2) is 14.6. The lowest BCUT2D eigenvalue weighted by atomic mass is 9.81. The van der Waals surface area contributed by atoms with E-state index in [9.17, 15) is 9.59 Å². The number of fused-ring (bicyclic) bond motifs is 1. The molecule has 1 N–H and O–H groups in total. The van der Waals surface area contributed by atoms with E-state index in [2.05, 4.69) is 36.3 Å². The molecule has 45 heavy (non-hydrogen) atoms. The highest BCUT2D eigenvalue weighted by Crippen LogP contribution is 2.44. The Hall–Kier alpha value is -3.71. The Bertz CT molecular complexity index is 1470. The smallest absolute Gasteiger partial charge is 0.232 e. The van der Waals surface area contributed by atoms with E-state index in [4.69, 9.17) is 21.1 Å². The second-order valence-corrected chi connectivity index (χ2v) is 13.1. The van der Waals surface area contributed by atoms with E-state index in [0.717, 1.165) is 73.3 Å². The minimum absolute atomic E-state index is 0.0165. The van der Waals surface area contributed by atoms with E-state index >= 15 is 0 Å². The summed E-state index contributed by atoms with van der Waals surface area (Å²) in [5, 5.41) is 3.71. The zero-order chi connectivity index (χ0) is 32.1. The number of nitrogens with zero attached hydrogens (tertiary/aromatic N) is 2. The molecule has 3 aromatic rings. The van der Waals surface area contributed by atoms with Crippen LogP contribution in [0.2, 0.25) is 5.02 Å². The van der Waals surface area contributed by atoms with Crippen molar-refractivity contribution < 1.29 is 19.1 Å². The molecular formula is C37H46ClN3O4. The van der Waals surface area contributed by atoms with Gasteiger partial charge in [0, 0.05) is 42.5 Å². The van der Waals surface area contributed by atoms with Crippen LogP contribution in [0.15, 0.2) is 60.7 Å². The van der Waals surface area contributed by atoms with Crippen molar-refractivity contribution in [1.82, 2.24) is 5.32 Å². The van der Waals surface area contributed by atoms with Gasteiger partial charge < -0.3 is 24.6 Å². The molecule has 1 fully saturated rings. The second-order valence-electron chi connectivity index (χ2n) is 12.7. The first-order valence-corrected chi connectivity index (χ1v) is 16.6. The lowest BCUT2D eigenvalue weighted by Gasteiger charge is -2.38. The summed E-state index contributed by atoms with van der Waals surface area (Å²) in [7, 11) is 3.75. The van der Waals surface area contributed by atoms with Gasteiger partial charge in [0.1, 0.15) is 0 Å². The van der Waals surface area contributed by atoms with Gasteiger partial charge in [-0.3, -0.25) is 9.59 Å². The summed E-state index contributed by atoms with van der Waals surface area (Å²) < 4.78 is 11.8. The average molecular weight is 632 g/mol. The summed E-state index contributed by atoms with van der Waals surface area (Å²) >= 11 is 6.27. The number of rotatable bonds is 11. The van der Waals surface area contributed by atoms with E-state index in [-0.39, 0.29) is 36.3 Å². The zero-order valence-electron chi connectivity index (χ0n) is 27.1. The van der Waals surface area contributed by atoms with Crippen molar-refractivity contribution in [2.45, 2.75) is 71.4 Å². The molecule has 0 aromatic heterocycles. The minimum atomic E-state index is -0.354. The third kappa shape index (κ3) is 7.58. The molecule has 1 aliphatic carbocycles. The van der Waals surface area contributed by atoms with Crippen molar-refractivity contribution >= 4 is 34.8 Å². The van der Waals surface area contributed by atoms with Crippen molar-refractivity contribution in [3.63, 3.8) is 0 Å². The molecule has 1 atom stereocenters. The van der Waals surface area contributed by atoms with Crippen molar-refractivity contribution in [3.05, 3.63) is 82.4 Å². The normalized spacial score (nSPS) is 19.7. The Morgan fingerprint density at radius 3 is 2.33 bits per heavy atom. The third-order valence-corrected chi connectivity index (χ3v) is 9.26. The van der Waals surface area contributed by atoms with Crippen LogP contribution in [0.4, 0.5) is 11.4 Å². The molecule has 1 aliphatic heterocycles. The van der Waals surface area contributed by atoms with Crippen molar-refractivity contribution in [3.8, 4) is 11.5 Å². The van der Waals surface area contributed by atoms with E-state index in [1.807, 2.05) is 67.3 Å². The Balaban J connectivity index is 1.37. The molecule has 0 spiro atoms. The van der Waals surface area contributed by atoms with Crippen LogP contribution in [0.3, 0.4) is 0 Å². The van der Waals surface area contributed by atoms with Gasteiger partial charge in [-0.2, -0.15) is 0 Å². The number of amides is 2. The molecule has 0 radical (unpaired) electrons. The fourth-order valence-corrected chi connectivity index (χ4v) is 6.82. The Morgan fingerprint density at radius 2 is 1.71 bits per heavy atom. The Labute approximate surface area is 272 Å². The van der Waals surface area contributed by atoms with Crippen LogP contribution in [0, 0.1) is 11.8 Å². The summed E-state index contributed by atoms with van der Waals surface area (Å²) in [4.78, 5) is 30.5. The predicted octanol–water partition coefficient (Wildman–Crippen LogP) is 7.58. The fraction of sp³-hybridized carbons (Fsp3) is 0.459. The molecule has 7 nitrogen and oxygen atoms in total. The number of carbonyl (C=O) groups excluding carboxylic acids is 2. The maximum absolute atomic E-state index is 13.9. The van der Waals surface area contributed by atoms with Crippen LogP contribution in [0.25, 0.3) is 0 Å². The molecule has 1 saturated carbocycles. The number of nitrogens with one attached hydrogen (secondary N) is 1. The minimum Gasteiger partial charge on any atom is -0.493 e. The predicted molar refractivity (Wildman–Crippen MR) is 182 cm³/mol. The van der Waals surface area contributed by atoms with Gasteiger partial charge in [0.25, 0.3) is 0 Å². The number of ether oxygens (including phenoxy) is 2. The highest BCUT2D eigenvalue weighted by Gasteiger charge is 2.36. The molecule has 2 aliphatic rings. The van der Waals surface area contributed by atoms with Crippen LogP contribution >= 0.6 is 11.6 Å². The van der Waals surface area contributed by atoms with Crippen LogP contribution in [-0.4, -0.2) is 45.2 Å². The summed E-state index contributed by atoms with van der Waals surface area (Å²) in [6.07, 6.45) is 5.22. The summed E-state index contributed by atoms with van der Waals surface area (Å²) in [5.74, 6) is 2.22. The fourth-order valence-electron chi connectivity index (χ4n) is 6.69. The van der Waals surface area contributed by atoms with Crippen molar-refractivity contribution in [1.29, 1.82) is 0 Å². The van der Waals surface area contributed by atoms with E-state index < -0.39 is 0 Å². The molecule has 1 heterocycles. The van der Waals surface area contributed by atoms with Gasteiger partial charge in [-0.25, -0.2) is 0 Å². The molecule has 8 heteroatoms. The maximum Gasteiger partial charge on any atom is 0.232 e. The molecule has 0 bridgehead atoms. The topological polar surface area (TPSA) is 71.1 Å². The highest BCUT2D eigenvalue weighted by atomic mass is 35.5. The van der Waals surface area contributed by atoms with Gasteiger partial charge in [0.2, 0.25) is 11.8 Å². The molecule has 1 unspecified atom stereocenters. The van der Waals surface area contributed by atoms with E-state index in [1.165, 1.54) is 0 Å². The summed E-state index contributed by atoms with van der Waals surface area (Å²) in [5.41, 5.74) is 4.84. The molecule has 5 rings (SSSR count). The van der Waals surface area contributed by atoms with Gasteiger partial charge in [0.05, 0.1) is 25.7 Å². The van der Waals surface area contributed by atoms with Gasteiger partial charge in [0.15, 0.2) is 11.5 Å². The molecule has 3 aromatic carbocycles. The SMILES string of the molecule is CCCNC(=O)C1CCC(CN(C)c2ccc(N3C(=O)Cc4cc(OC)c(OC(C)C)cc4C3c3ccc(Cl)cc3)cc2)CC1. The molecule has 240 valence electrons. The quantitative estimate of drug-likeness (QED) is 0.236. The number of halogens is 1. The number of carbonyl (C=O) groups is 2. The highest BCUT2D eigenvalue weighted by molar-refractivity contribution is 6.30. The van der Waals surface area contributed by atoms with Crippen LogP contribution in [0.1, 0.15) is 75.6 Å². The third-order valence-electron chi connectivity index (χ3n) is 9.00. The largest absolute Gasteiger partial charge is 0.493 e. The number of anilines is 2. The number of hydrogen-bond acceptors (Lipinski definition) is 5. The first-order chi connectivity index (χ1) is 21.7. The first kappa shape index (κ1) is 32.7. The number of benzene rings is 3. The van der Waals surface area contributed by atoms with Gasteiger partial charge >= 0.3 is 0 Å². The van der Waals surface area contributed by atoms with Gasteiger partial charge in [-0.15, -0.1) is 0 Å². The average Bonchev–Trinajstić information content (AvgIpc) is 3.03. The maximum atomic E-state index is 13.9. The number of methoxy groups -OCH3 is 1. The summed E-state index contributed by atoms with van der Waals surface area (Å²) in [6.45, 7) is 7.75. The molecular weight excluding hydrogens is 586 g/mol. The molecule has 2 amide bonds. The van der Waals surface area contributed by atoms with E-state index in [1.54, 1.807) is 7.11 Å². The van der Waals surface area contributed by atoms with Crippen molar-refractivity contribution in [2.75, 3.05) is 37.0 Å². The standard InChI is InChI=1S/C37H46ClN3O4/c1-6-19-39-37(43)27-9-7-25(8-10-27)23-40(4)30-15-17-31(18-16-30)41-35(42)21-28-20-33(44-5)34(45-24(2)3)22-32(28)36(41)26-11-13-29(38)14-12-26/h11-18,20,22,24-25,27,36H,6-10,19,21,23H2,1-5H3,(H,39,43). The Kier molecular flexibility index (Phi) is 10.6. The number of hydrogen-bond donors (Lipinski definition) is 1. The lowest BCUT2D eigenvalue weighted by Crippen LogP contribution is -2.41. The van der Waals surface area contributed by atoms with Crippen LogP contribution in [-0.2, 0) is 16.0 Å². The molecule has 0 saturated heterocycles. The van der Waals surface area contributed by atoms with Crippen molar-refractivity contribution in [2.24, 2.45) is 11.8 Å². The van der Waals surface area contributed by atoms with Crippen LogP contribution < -0.4 is 24.6 Å². The summed E-state index contributed by atoms with van der Waals surface area (Å²) in [6, 6.07) is 19.6. The van der Waals surface area contributed by atoms with Gasteiger partial charge in [-0.1, -0.05) is 30.7 Å².